The highest BCUT2D eigenvalue weighted by Crippen LogP contribution is 2.26. The summed E-state index contributed by atoms with van der Waals surface area (Å²) in [5.41, 5.74) is 7.51. The number of nitrogens with zero attached hydrogens (tertiary/aromatic N) is 1. The fraction of sp³-hybridized carbons (Fsp3) is 0.167. The number of anilines is 2. The average Bonchev–Trinajstić information content (AvgIpc) is 2.70. The highest BCUT2D eigenvalue weighted by molar-refractivity contribution is 6.31. The number of halogens is 1. The first-order valence-electron chi connectivity index (χ1n) is 4.95. The second kappa shape index (κ2) is 4.49. The van der Waals surface area contributed by atoms with Crippen molar-refractivity contribution in [2.45, 2.75) is 6.54 Å². The minimum atomic E-state index is 0.646. The van der Waals surface area contributed by atoms with Crippen LogP contribution in [0.5, 0.6) is 0 Å². The molecule has 0 saturated heterocycles. The smallest absolute Gasteiger partial charge is 0.123 e. The summed E-state index contributed by atoms with van der Waals surface area (Å²) in [5.74, 6) is 0.900. The van der Waals surface area contributed by atoms with Crippen LogP contribution in [0, 0.1) is 0 Å². The van der Waals surface area contributed by atoms with Crippen molar-refractivity contribution in [3.05, 3.63) is 47.4 Å². The Kier molecular flexibility index (Phi) is 3.06. The van der Waals surface area contributed by atoms with Crippen LogP contribution in [0.25, 0.3) is 0 Å². The Morgan fingerprint density at radius 2 is 2.19 bits per heavy atom. The molecule has 0 radical (unpaired) electrons. The van der Waals surface area contributed by atoms with E-state index in [1.807, 2.05) is 36.2 Å². The molecule has 2 aromatic rings. The predicted octanol–water partition coefficient (Wildman–Crippen LogP) is 3.15. The van der Waals surface area contributed by atoms with Crippen molar-refractivity contribution in [1.29, 1.82) is 0 Å². The highest BCUT2D eigenvalue weighted by atomic mass is 35.5. The maximum atomic E-state index is 5.89. The molecule has 1 heterocycles. The van der Waals surface area contributed by atoms with Crippen LogP contribution in [0.3, 0.4) is 0 Å². The van der Waals surface area contributed by atoms with E-state index in [-0.39, 0.29) is 0 Å². The van der Waals surface area contributed by atoms with E-state index in [0.717, 1.165) is 11.4 Å². The number of hydrogen-bond acceptors (Lipinski definition) is 3. The molecule has 4 heteroatoms. The van der Waals surface area contributed by atoms with Crippen molar-refractivity contribution in [1.82, 2.24) is 0 Å². The third kappa shape index (κ3) is 2.31. The molecule has 2 N–H and O–H groups in total. The SMILES string of the molecule is CN(Cc1ccco1)c1ccc(Cl)cc1N. The molecule has 0 unspecified atom stereocenters. The first-order valence-corrected chi connectivity index (χ1v) is 5.33. The molecule has 0 aliphatic carbocycles. The standard InChI is InChI=1S/C12H13ClN2O/c1-15(8-10-3-2-6-16-10)12-5-4-9(13)7-11(12)14/h2-7H,8,14H2,1H3. The van der Waals surface area contributed by atoms with Gasteiger partial charge in [0.15, 0.2) is 0 Å². The van der Waals surface area contributed by atoms with Crippen LogP contribution in [0.15, 0.2) is 41.0 Å². The van der Waals surface area contributed by atoms with Gasteiger partial charge in [-0.15, -0.1) is 0 Å². The maximum absolute atomic E-state index is 5.89. The first kappa shape index (κ1) is 10.9. The molecule has 1 aromatic heterocycles. The Labute approximate surface area is 99.4 Å². The van der Waals surface area contributed by atoms with E-state index in [1.165, 1.54) is 0 Å². The summed E-state index contributed by atoms with van der Waals surface area (Å²) in [4.78, 5) is 2.02. The zero-order valence-corrected chi connectivity index (χ0v) is 9.74. The molecule has 0 aliphatic heterocycles. The predicted molar refractivity (Wildman–Crippen MR) is 66.7 cm³/mol. The van der Waals surface area contributed by atoms with Gasteiger partial charge in [-0.05, 0) is 30.3 Å². The van der Waals surface area contributed by atoms with Crippen molar-refractivity contribution in [2.75, 3.05) is 17.7 Å². The van der Waals surface area contributed by atoms with Gasteiger partial charge in [0.2, 0.25) is 0 Å². The van der Waals surface area contributed by atoms with Gasteiger partial charge in [-0.25, -0.2) is 0 Å². The Bertz CT molecular complexity index is 468. The molecule has 1 aromatic carbocycles. The topological polar surface area (TPSA) is 42.4 Å². The largest absolute Gasteiger partial charge is 0.467 e. The Morgan fingerprint density at radius 3 is 2.81 bits per heavy atom. The van der Waals surface area contributed by atoms with Crippen LogP contribution in [-0.2, 0) is 6.54 Å². The van der Waals surface area contributed by atoms with Crippen LogP contribution in [0.2, 0.25) is 5.02 Å². The summed E-state index contributed by atoms with van der Waals surface area (Å²) >= 11 is 5.85. The van der Waals surface area contributed by atoms with Gasteiger partial charge in [-0.1, -0.05) is 11.6 Å². The maximum Gasteiger partial charge on any atom is 0.123 e. The Morgan fingerprint density at radius 1 is 1.38 bits per heavy atom. The summed E-state index contributed by atoms with van der Waals surface area (Å²) < 4.78 is 5.28. The zero-order valence-electron chi connectivity index (χ0n) is 8.98. The third-order valence-electron chi connectivity index (χ3n) is 2.37. The van der Waals surface area contributed by atoms with Gasteiger partial charge in [0.25, 0.3) is 0 Å². The zero-order chi connectivity index (χ0) is 11.5. The molecule has 0 atom stereocenters. The van der Waals surface area contributed by atoms with E-state index >= 15 is 0 Å². The van der Waals surface area contributed by atoms with Crippen molar-refractivity contribution in [2.24, 2.45) is 0 Å². The minimum absolute atomic E-state index is 0.646. The molecular weight excluding hydrogens is 224 g/mol. The van der Waals surface area contributed by atoms with Crippen molar-refractivity contribution >= 4 is 23.0 Å². The lowest BCUT2D eigenvalue weighted by Crippen LogP contribution is -2.17. The molecule has 0 spiro atoms. The second-order valence-corrected chi connectivity index (χ2v) is 4.07. The van der Waals surface area contributed by atoms with Gasteiger partial charge in [-0.2, -0.15) is 0 Å². The van der Waals surface area contributed by atoms with Gasteiger partial charge >= 0.3 is 0 Å². The summed E-state index contributed by atoms with van der Waals surface area (Å²) in [6, 6.07) is 9.28. The average molecular weight is 237 g/mol. The van der Waals surface area contributed by atoms with E-state index < -0.39 is 0 Å². The lowest BCUT2D eigenvalue weighted by molar-refractivity contribution is 0.507. The number of hydrogen-bond donors (Lipinski definition) is 1. The fourth-order valence-corrected chi connectivity index (χ4v) is 1.78. The molecular formula is C12H13ClN2O. The minimum Gasteiger partial charge on any atom is -0.467 e. The normalized spacial score (nSPS) is 10.4. The lowest BCUT2D eigenvalue weighted by atomic mass is 10.2. The van der Waals surface area contributed by atoms with Gasteiger partial charge < -0.3 is 15.1 Å². The van der Waals surface area contributed by atoms with Gasteiger partial charge in [-0.3, -0.25) is 0 Å². The molecule has 0 amide bonds. The monoisotopic (exact) mass is 236 g/mol. The quantitative estimate of drug-likeness (QED) is 0.833. The first-order chi connectivity index (χ1) is 7.66. The van der Waals surface area contributed by atoms with Gasteiger partial charge in [0.05, 0.1) is 24.2 Å². The van der Waals surface area contributed by atoms with Crippen molar-refractivity contribution in [3.63, 3.8) is 0 Å². The van der Waals surface area contributed by atoms with Crippen LogP contribution >= 0.6 is 11.6 Å². The van der Waals surface area contributed by atoms with E-state index in [1.54, 1.807) is 12.3 Å². The molecule has 3 nitrogen and oxygen atoms in total. The molecule has 0 saturated carbocycles. The van der Waals surface area contributed by atoms with Crippen LogP contribution < -0.4 is 10.6 Å². The summed E-state index contributed by atoms with van der Waals surface area (Å²) in [6.45, 7) is 0.679. The highest BCUT2D eigenvalue weighted by Gasteiger charge is 2.07. The van der Waals surface area contributed by atoms with E-state index in [4.69, 9.17) is 21.8 Å². The molecule has 0 bridgehead atoms. The number of rotatable bonds is 3. The summed E-state index contributed by atoms with van der Waals surface area (Å²) in [7, 11) is 1.96. The number of nitrogen functional groups attached to an aromatic ring is 1. The van der Waals surface area contributed by atoms with E-state index in [0.29, 0.717) is 17.3 Å². The molecule has 0 aliphatic rings. The van der Waals surface area contributed by atoms with Crippen LogP contribution in [0.4, 0.5) is 11.4 Å². The molecule has 0 fully saturated rings. The Hall–Kier alpha value is -1.61. The Balaban J connectivity index is 2.17. The number of furan rings is 1. The van der Waals surface area contributed by atoms with E-state index in [2.05, 4.69) is 0 Å². The van der Waals surface area contributed by atoms with Crippen LogP contribution in [-0.4, -0.2) is 7.05 Å². The fourth-order valence-electron chi connectivity index (χ4n) is 1.59. The summed E-state index contributed by atoms with van der Waals surface area (Å²) in [5, 5.41) is 0.646. The van der Waals surface area contributed by atoms with Gasteiger partial charge in [0, 0.05) is 12.1 Å². The lowest BCUT2D eigenvalue weighted by Gasteiger charge is -2.19. The molecule has 84 valence electrons. The van der Waals surface area contributed by atoms with Gasteiger partial charge in [0.1, 0.15) is 5.76 Å². The second-order valence-electron chi connectivity index (χ2n) is 3.64. The third-order valence-corrected chi connectivity index (χ3v) is 2.61. The van der Waals surface area contributed by atoms with Crippen molar-refractivity contribution < 1.29 is 4.42 Å². The number of nitrogens with two attached hydrogens (primary N) is 1. The molecule has 16 heavy (non-hydrogen) atoms. The molecule has 2 rings (SSSR count). The van der Waals surface area contributed by atoms with Crippen molar-refractivity contribution in [3.8, 4) is 0 Å². The van der Waals surface area contributed by atoms with Crippen LogP contribution in [0.1, 0.15) is 5.76 Å². The summed E-state index contributed by atoms with van der Waals surface area (Å²) in [6.07, 6.45) is 1.66. The van der Waals surface area contributed by atoms with E-state index in [9.17, 15) is 0 Å². The number of benzene rings is 1.